The molecule has 0 spiro atoms. The second-order valence-corrected chi connectivity index (χ2v) is 4.94. The number of nitriles is 1. The van der Waals surface area contributed by atoms with Crippen molar-refractivity contribution in [3.05, 3.63) is 65.0 Å². The molecule has 0 heterocycles. The predicted octanol–water partition coefficient (Wildman–Crippen LogP) is 3.34. The fourth-order valence-electron chi connectivity index (χ4n) is 2.18. The number of methoxy groups -OCH3 is 1. The normalized spacial score (nSPS) is 10.4. The Morgan fingerprint density at radius 2 is 2.00 bits per heavy atom. The number of benzene rings is 2. The first kappa shape index (κ1) is 15.0. The lowest BCUT2D eigenvalue weighted by atomic mass is 10.1. The number of hydrogen-bond donors (Lipinski definition) is 0. The van der Waals surface area contributed by atoms with E-state index in [9.17, 15) is 4.39 Å². The second-order valence-electron chi connectivity index (χ2n) is 4.94. The van der Waals surface area contributed by atoms with E-state index < -0.39 is 0 Å². The second kappa shape index (κ2) is 6.87. The zero-order valence-electron chi connectivity index (χ0n) is 12.1. The first-order valence-electron chi connectivity index (χ1n) is 6.62. The van der Waals surface area contributed by atoms with Crippen molar-refractivity contribution in [3.63, 3.8) is 0 Å². The lowest BCUT2D eigenvalue weighted by Gasteiger charge is -2.17. The van der Waals surface area contributed by atoms with E-state index in [2.05, 4.69) is 6.07 Å². The Morgan fingerprint density at radius 3 is 2.67 bits per heavy atom. The number of ether oxygens (including phenoxy) is 1. The van der Waals surface area contributed by atoms with Gasteiger partial charge in [-0.25, -0.2) is 4.39 Å². The minimum Gasteiger partial charge on any atom is -0.497 e. The third-order valence-corrected chi connectivity index (χ3v) is 3.21. The molecule has 0 radical (unpaired) electrons. The van der Waals surface area contributed by atoms with Crippen LogP contribution in [0.2, 0.25) is 0 Å². The van der Waals surface area contributed by atoms with Crippen molar-refractivity contribution < 1.29 is 9.13 Å². The molecular weight excluding hydrogens is 267 g/mol. The molecule has 0 amide bonds. The van der Waals surface area contributed by atoms with Crippen molar-refractivity contribution in [1.29, 1.82) is 5.26 Å². The van der Waals surface area contributed by atoms with Gasteiger partial charge in [0.25, 0.3) is 0 Å². The molecule has 108 valence electrons. The van der Waals surface area contributed by atoms with Crippen LogP contribution >= 0.6 is 0 Å². The summed E-state index contributed by atoms with van der Waals surface area (Å²) in [7, 11) is 3.44. The molecule has 0 aromatic heterocycles. The molecule has 0 fully saturated rings. The largest absolute Gasteiger partial charge is 0.497 e. The predicted molar refractivity (Wildman–Crippen MR) is 79.3 cm³/mol. The molecule has 0 unspecified atom stereocenters. The molecule has 0 atom stereocenters. The Kier molecular flexibility index (Phi) is 4.91. The maximum atomic E-state index is 13.9. The van der Waals surface area contributed by atoms with Gasteiger partial charge in [-0.15, -0.1) is 0 Å². The van der Waals surface area contributed by atoms with Crippen LogP contribution in [0, 0.1) is 17.1 Å². The van der Waals surface area contributed by atoms with Gasteiger partial charge in [0.1, 0.15) is 11.6 Å². The third-order valence-electron chi connectivity index (χ3n) is 3.21. The fraction of sp³-hybridized carbons (Fsp3) is 0.235. The number of hydrogen-bond acceptors (Lipinski definition) is 3. The maximum Gasteiger partial charge on any atom is 0.131 e. The average molecular weight is 284 g/mol. The van der Waals surface area contributed by atoms with Crippen LogP contribution < -0.4 is 4.74 Å². The standard InChI is InChI=1S/C17H17FN2O/c1-20(11-14-5-3-4-13(8-14)10-19)12-15-6-7-16(21-2)9-17(15)18/h3-9H,11-12H2,1-2H3. The summed E-state index contributed by atoms with van der Waals surface area (Å²) in [6, 6.07) is 14.4. The van der Waals surface area contributed by atoms with Crippen LogP contribution in [0.25, 0.3) is 0 Å². The van der Waals surface area contributed by atoms with Gasteiger partial charge in [-0.05, 0) is 30.8 Å². The molecule has 0 bridgehead atoms. The van der Waals surface area contributed by atoms with Crippen molar-refractivity contribution in [2.24, 2.45) is 0 Å². The van der Waals surface area contributed by atoms with E-state index in [1.165, 1.54) is 13.2 Å². The fourth-order valence-corrected chi connectivity index (χ4v) is 2.18. The van der Waals surface area contributed by atoms with Crippen LogP contribution in [0.5, 0.6) is 5.75 Å². The van der Waals surface area contributed by atoms with E-state index in [1.54, 1.807) is 18.2 Å². The van der Waals surface area contributed by atoms with Crippen molar-refractivity contribution >= 4 is 0 Å². The minimum atomic E-state index is -0.271. The Hall–Kier alpha value is -2.38. The monoisotopic (exact) mass is 284 g/mol. The van der Waals surface area contributed by atoms with E-state index >= 15 is 0 Å². The van der Waals surface area contributed by atoms with Gasteiger partial charge in [0.05, 0.1) is 18.7 Å². The van der Waals surface area contributed by atoms with E-state index in [0.717, 1.165) is 5.56 Å². The smallest absolute Gasteiger partial charge is 0.131 e. The molecular formula is C17H17FN2O. The molecule has 3 nitrogen and oxygen atoms in total. The highest BCUT2D eigenvalue weighted by Crippen LogP contribution is 2.18. The van der Waals surface area contributed by atoms with Crippen molar-refractivity contribution in [1.82, 2.24) is 4.90 Å². The molecule has 2 rings (SSSR count). The van der Waals surface area contributed by atoms with Gasteiger partial charge in [0.2, 0.25) is 0 Å². The maximum absolute atomic E-state index is 13.9. The summed E-state index contributed by atoms with van der Waals surface area (Å²) < 4.78 is 18.9. The summed E-state index contributed by atoms with van der Waals surface area (Å²) in [5.74, 6) is 0.243. The van der Waals surface area contributed by atoms with Gasteiger partial charge in [-0.3, -0.25) is 4.90 Å². The van der Waals surface area contributed by atoms with Crippen molar-refractivity contribution in [3.8, 4) is 11.8 Å². The molecule has 2 aromatic rings. The van der Waals surface area contributed by atoms with Crippen LogP contribution in [0.15, 0.2) is 42.5 Å². The van der Waals surface area contributed by atoms with E-state index in [0.29, 0.717) is 30.0 Å². The Balaban J connectivity index is 2.04. The van der Waals surface area contributed by atoms with Gasteiger partial charge in [0.15, 0.2) is 0 Å². The molecule has 0 N–H and O–H groups in total. The van der Waals surface area contributed by atoms with Crippen LogP contribution in [-0.4, -0.2) is 19.1 Å². The quantitative estimate of drug-likeness (QED) is 0.845. The van der Waals surface area contributed by atoms with Gasteiger partial charge < -0.3 is 4.74 Å². The molecule has 0 saturated carbocycles. The summed E-state index contributed by atoms with van der Waals surface area (Å²) in [5, 5.41) is 8.89. The van der Waals surface area contributed by atoms with Crippen LogP contribution in [0.4, 0.5) is 4.39 Å². The summed E-state index contributed by atoms with van der Waals surface area (Å²) in [5.41, 5.74) is 2.29. The lowest BCUT2D eigenvalue weighted by Crippen LogP contribution is -2.18. The van der Waals surface area contributed by atoms with Gasteiger partial charge in [-0.2, -0.15) is 5.26 Å². The summed E-state index contributed by atoms with van der Waals surface area (Å²) in [6.07, 6.45) is 0. The Bertz CT molecular complexity index is 664. The van der Waals surface area contributed by atoms with Gasteiger partial charge >= 0.3 is 0 Å². The Morgan fingerprint density at radius 1 is 1.19 bits per heavy atom. The summed E-state index contributed by atoms with van der Waals surface area (Å²) in [4.78, 5) is 2.00. The van der Waals surface area contributed by atoms with Crippen LogP contribution in [0.3, 0.4) is 0 Å². The zero-order chi connectivity index (χ0) is 15.2. The molecule has 0 aliphatic heterocycles. The van der Waals surface area contributed by atoms with Crippen LogP contribution in [0.1, 0.15) is 16.7 Å². The van der Waals surface area contributed by atoms with Crippen molar-refractivity contribution in [2.45, 2.75) is 13.1 Å². The molecule has 2 aromatic carbocycles. The highest BCUT2D eigenvalue weighted by atomic mass is 19.1. The first-order chi connectivity index (χ1) is 10.1. The van der Waals surface area contributed by atoms with E-state index in [1.807, 2.05) is 30.1 Å². The number of halogens is 1. The van der Waals surface area contributed by atoms with Gasteiger partial charge in [-0.1, -0.05) is 18.2 Å². The zero-order valence-corrected chi connectivity index (χ0v) is 12.1. The average Bonchev–Trinajstić information content (AvgIpc) is 2.49. The SMILES string of the molecule is COc1ccc(CN(C)Cc2cccc(C#N)c2)c(F)c1. The number of nitrogens with zero attached hydrogens (tertiary/aromatic N) is 2. The first-order valence-corrected chi connectivity index (χ1v) is 6.62. The minimum absolute atomic E-state index is 0.271. The van der Waals surface area contributed by atoms with Gasteiger partial charge in [0, 0.05) is 24.7 Å². The van der Waals surface area contributed by atoms with E-state index in [-0.39, 0.29) is 5.82 Å². The summed E-state index contributed by atoms with van der Waals surface area (Å²) in [6.45, 7) is 1.15. The lowest BCUT2D eigenvalue weighted by molar-refractivity contribution is 0.313. The number of rotatable bonds is 5. The molecule has 21 heavy (non-hydrogen) atoms. The molecule has 0 aliphatic rings. The van der Waals surface area contributed by atoms with Crippen LogP contribution in [-0.2, 0) is 13.1 Å². The highest BCUT2D eigenvalue weighted by Gasteiger charge is 2.08. The molecule has 4 heteroatoms. The van der Waals surface area contributed by atoms with Crippen molar-refractivity contribution in [2.75, 3.05) is 14.2 Å². The molecule has 0 aliphatic carbocycles. The topological polar surface area (TPSA) is 36.3 Å². The highest BCUT2D eigenvalue weighted by molar-refractivity contribution is 5.33. The Labute approximate surface area is 124 Å². The third kappa shape index (κ3) is 4.04. The van der Waals surface area contributed by atoms with E-state index in [4.69, 9.17) is 10.00 Å². The summed E-state index contributed by atoms with van der Waals surface area (Å²) >= 11 is 0. The molecule has 0 saturated heterocycles.